The molecule has 1 N–H and O–H groups in total. The van der Waals surface area contributed by atoms with Crippen LogP contribution in [0.1, 0.15) is 11.4 Å². The number of nitrogens with zero attached hydrogens (tertiary/aromatic N) is 3. The van der Waals surface area contributed by atoms with E-state index in [0.29, 0.717) is 37.1 Å². The summed E-state index contributed by atoms with van der Waals surface area (Å²) in [7, 11) is 0. The van der Waals surface area contributed by atoms with E-state index in [2.05, 4.69) is 20.2 Å². The highest BCUT2D eigenvalue weighted by molar-refractivity contribution is 6.29. The maximum atomic E-state index is 12.6. The molecule has 5 nitrogen and oxygen atoms in total. The molecule has 0 aliphatic carbocycles. The Morgan fingerprint density at radius 2 is 1.80 bits per heavy atom. The number of ether oxygens (including phenoxy) is 1. The second-order valence-electron chi connectivity index (χ2n) is 5.58. The Balaban J connectivity index is 1.71. The van der Waals surface area contributed by atoms with Crippen LogP contribution in [0.15, 0.2) is 30.3 Å². The van der Waals surface area contributed by atoms with E-state index in [-0.39, 0.29) is 5.15 Å². The number of morpholine rings is 1. The fourth-order valence-corrected chi connectivity index (χ4v) is 2.65. The van der Waals surface area contributed by atoms with E-state index in [4.69, 9.17) is 16.3 Å². The lowest BCUT2D eigenvalue weighted by atomic mass is 10.2. The van der Waals surface area contributed by atoms with Crippen molar-refractivity contribution in [3.63, 3.8) is 0 Å². The summed E-state index contributed by atoms with van der Waals surface area (Å²) in [6.45, 7) is 3.44. The molecule has 0 saturated carbocycles. The first kappa shape index (κ1) is 17.9. The third-order valence-electron chi connectivity index (χ3n) is 3.69. The lowest BCUT2D eigenvalue weighted by Crippen LogP contribution is -2.36. The first-order valence-electron chi connectivity index (χ1n) is 7.68. The van der Waals surface area contributed by atoms with Gasteiger partial charge in [-0.25, -0.2) is 9.97 Å². The molecule has 3 rings (SSSR count). The third kappa shape index (κ3) is 5.04. The highest BCUT2D eigenvalue weighted by Gasteiger charge is 2.29. The number of nitrogens with one attached hydrogen (secondary N) is 1. The number of aromatic nitrogens is 2. The fraction of sp³-hybridized carbons (Fsp3) is 0.375. The second-order valence-corrected chi connectivity index (χ2v) is 5.97. The maximum absolute atomic E-state index is 12.6. The van der Waals surface area contributed by atoms with Crippen molar-refractivity contribution in [2.45, 2.75) is 12.7 Å². The molecule has 25 heavy (non-hydrogen) atoms. The number of rotatable bonds is 4. The van der Waals surface area contributed by atoms with Gasteiger partial charge in [-0.2, -0.15) is 13.2 Å². The van der Waals surface area contributed by atoms with Crippen LogP contribution >= 0.6 is 11.6 Å². The first-order chi connectivity index (χ1) is 11.9. The van der Waals surface area contributed by atoms with Crippen molar-refractivity contribution < 1.29 is 17.9 Å². The molecule has 0 spiro atoms. The molecule has 1 aromatic carbocycles. The van der Waals surface area contributed by atoms with E-state index in [1.807, 2.05) is 0 Å². The molecule has 1 fully saturated rings. The Bertz CT molecular complexity index is 718. The van der Waals surface area contributed by atoms with Crippen molar-refractivity contribution in [1.29, 1.82) is 0 Å². The lowest BCUT2D eigenvalue weighted by molar-refractivity contribution is -0.137. The van der Waals surface area contributed by atoms with Gasteiger partial charge in [0, 0.05) is 24.8 Å². The van der Waals surface area contributed by atoms with Crippen molar-refractivity contribution in [3.05, 3.63) is 46.9 Å². The van der Waals surface area contributed by atoms with Gasteiger partial charge >= 0.3 is 6.18 Å². The predicted octanol–water partition coefficient (Wildman–Crippen LogP) is 3.72. The maximum Gasteiger partial charge on any atom is 0.416 e. The average Bonchev–Trinajstić information content (AvgIpc) is 2.55. The van der Waals surface area contributed by atoms with Crippen molar-refractivity contribution in [3.8, 4) is 0 Å². The molecule has 1 aromatic heterocycles. The fourth-order valence-electron chi connectivity index (χ4n) is 2.45. The normalized spacial score (nSPS) is 16.0. The number of alkyl halides is 3. The van der Waals surface area contributed by atoms with Crippen molar-refractivity contribution >= 4 is 23.1 Å². The van der Waals surface area contributed by atoms with Gasteiger partial charge in [0.1, 0.15) is 16.8 Å². The molecule has 0 bridgehead atoms. The molecule has 1 saturated heterocycles. The van der Waals surface area contributed by atoms with Gasteiger partial charge < -0.3 is 10.1 Å². The molecule has 1 aliphatic rings. The minimum Gasteiger partial charge on any atom is -0.379 e. The SMILES string of the molecule is FC(F)(F)c1ccc(Nc2cc(Cl)nc(CN3CCOCC3)n2)cc1. The largest absolute Gasteiger partial charge is 0.416 e. The van der Waals surface area contributed by atoms with Crippen LogP contribution in [0.25, 0.3) is 0 Å². The molecule has 0 atom stereocenters. The third-order valence-corrected chi connectivity index (χ3v) is 3.89. The highest BCUT2D eigenvalue weighted by atomic mass is 35.5. The van der Waals surface area contributed by atoms with Crippen LogP contribution in [0.3, 0.4) is 0 Å². The Morgan fingerprint density at radius 3 is 2.44 bits per heavy atom. The van der Waals surface area contributed by atoms with E-state index in [0.717, 1.165) is 25.2 Å². The summed E-state index contributed by atoms with van der Waals surface area (Å²) in [6.07, 6.45) is -4.36. The zero-order valence-electron chi connectivity index (χ0n) is 13.2. The summed E-state index contributed by atoms with van der Waals surface area (Å²) in [5.41, 5.74) is -0.216. The molecule has 2 aromatic rings. The van der Waals surface area contributed by atoms with Crippen molar-refractivity contribution in [2.75, 3.05) is 31.6 Å². The molecule has 2 heterocycles. The van der Waals surface area contributed by atoms with Crippen LogP contribution in [-0.2, 0) is 17.5 Å². The molecule has 1 aliphatic heterocycles. The number of benzene rings is 1. The van der Waals surface area contributed by atoms with Gasteiger partial charge in [0.05, 0.1) is 25.3 Å². The number of halogens is 4. The molecule has 0 amide bonds. The van der Waals surface area contributed by atoms with Crippen LogP contribution in [0.2, 0.25) is 5.15 Å². The highest BCUT2D eigenvalue weighted by Crippen LogP contribution is 2.30. The van der Waals surface area contributed by atoms with Gasteiger partial charge in [-0.15, -0.1) is 0 Å². The van der Waals surface area contributed by atoms with Crippen molar-refractivity contribution in [1.82, 2.24) is 14.9 Å². The lowest BCUT2D eigenvalue weighted by Gasteiger charge is -2.25. The number of hydrogen-bond donors (Lipinski definition) is 1. The summed E-state index contributed by atoms with van der Waals surface area (Å²) < 4.78 is 43.1. The smallest absolute Gasteiger partial charge is 0.379 e. The summed E-state index contributed by atoms with van der Waals surface area (Å²) in [5.74, 6) is 0.979. The van der Waals surface area contributed by atoms with Gasteiger partial charge in [0.25, 0.3) is 0 Å². The molecule has 0 radical (unpaired) electrons. The Morgan fingerprint density at radius 1 is 1.12 bits per heavy atom. The van der Waals surface area contributed by atoms with Crippen LogP contribution in [-0.4, -0.2) is 41.2 Å². The van der Waals surface area contributed by atoms with Crippen LogP contribution in [0, 0.1) is 0 Å². The van der Waals surface area contributed by atoms with Gasteiger partial charge in [0.15, 0.2) is 0 Å². The average molecular weight is 373 g/mol. The number of anilines is 2. The molecule has 134 valence electrons. The van der Waals surface area contributed by atoms with E-state index in [1.165, 1.54) is 18.2 Å². The van der Waals surface area contributed by atoms with Gasteiger partial charge in [-0.05, 0) is 24.3 Å². The molecular weight excluding hydrogens is 357 g/mol. The quantitative estimate of drug-likeness (QED) is 0.829. The van der Waals surface area contributed by atoms with Gasteiger partial charge in [-0.1, -0.05) is 11.6 Å². The monoisotopic (exact) mass is 372 g/mol. The Kier molecular flexibility index (Phi) is 5.41. The zero-order chi connectivity index (χ0) is 17.9. The van der Waals surface area contributed by atoms with Gasteiger partial charge in [0.2, 0.25) is 0 Å². The molecule has 0 unspecified atom stereocenters. The van der Waals surface area contributed by atoms with Gasteiger partial charge in [-0.3, -0.25) is 4.90 Å². The minimum atomic E-state index is -4.36. The van der Waals surface area contributed by atoms with Crippen LogP contribution < -0.4 is 5.32 Å². The van der Waals surface area contributed by atoms with Crippen LogP contribution in [0.4, 0.5) is 24.7 Å². The predicted molar refractivity (Wildman–Crippen MR) is 87.9 cm³/mol. The second kappa shape index (κ2) is 7.55. The van der Waals surface area contributed by atoms with E-state index < -0.39 is 11.7 Å². The van der Waals surface area contributed by atoms with E-state index >= 15 is 0 Å². The van der Waals surface area contributed by atoms with Crippen LogP contribution in [0.5, 0.6) is 0 Å². The Labute approximate surface area is 147 Å². The standard InChI is InChI=1S/C16H16ClF3N4O/c17-13-9-14(21-12-3-1-11(2-4-12)16(18,19)20)23-15(22-13)10-24-5-7-25-8-6-24/h1-4,9H,5-8,10H2,(H,21,22,23). The number of hydrogen-bond acceptors (Lipinski definition) is 5. The minimum absolute atomic E-state index is 0.271. The Hall–Kier alpha value is -1.90. The molecular formula is C16H16ClF3N4O. The van der Waals surface area contributed by atoms with E-state index in [1.54, 1.807) is 0 Å². The first-order valence-corrected chi connectivity index (χ1v) is 8.06. The summed E-state index contributed by atoms with van der Waals surface area (Å²) >= 11 is 6.04. The zero-order valence-corrected chi connectivity index (χ0v) is 13.9. The molecule has 9 heteroatoms. The summed E-state index contributed by atoms with van der Waals surface area (Å²) in [4.78, 5) is 10.7. The summed E-state index contributed by atoms with van der Waals surface area (Å²) in [5, 5.41) is 3.23. The summed E-state index contributed by atoms with van der Waals surface area (Å²) in [6, 6.07) is 6.25. The van der Waals surface area contributed by atoms with Crippen molar-refractivity contribution in [2.24, 2.45) is 0 Å². The topological polar surface area (TPSA) is 50.3 Å². The van der Waals surface area contributed by atoms with E-state index in [9.17, 15) is 13.2 Å².